The van der Waals surface area contributed by atoms with E-state index in [1.54, 1.807) is 25.3 Å². The summed E-state index contributed by atoms with van der Waals surface area (Å²) < 4.78 is 10.9. The quantitative estimate of drug-likeness (QED) is 0.870. The first-order valence-corrected chi connectivity index (χ1v) is 6.76. The van der Waals surface area contributed by atoms with Gasteiger partial charge in [-0.05, 0) is 30.5 Å². The number of hydrogen-bond donors (Lipinski definition) is 2. The molecule has 0 spiro atoms. The van der Waals surface area contributed by atoms with Gasteiger partial charge in [0.05, 0.1) is 19.5 Å². The summed E-state index contributed by atoms with van der Waals surface area (Å²) in [4.78, 5) is 0. The number of rotatable bonds is 2. The smallest absolute Gasteiger partial charge is 0.126 e. The summed E-state index contributed by atoms with van der Waals surface area (Å²) in [6.45, 7) is 0.551. The average Bonchev–Trinajstić information content (AvgIpc) is 2.46. The molecular formula is C16H18O4. The van der Waals surface area contributed by atoms with Gasteiger partial charge in [-0.25, -0.2) is 0 Å². The molecule has 3 rings (SSSR count). The van der Waals surface area contributed by atoms with Crippen molar-refractivity contribution >= 4 is 0 Å². The van der Waals surface area contributed by atoms with Gasteiger partial charge >= 0.3 is 0 Å². The van der Waals surface area contributed by atoms with Gasteiger partial charge in [0.1, 0.15) is 17.3 Å². The molecule has 2 N–H and O–H groups in total. The zero-order valence-electron chi connectivity index (χ0n) is 11.4. The number of aliphatic hydroxyl groups excluding tert-OH is 1. The van der Waals surface area contributed by atoms with Gasteiger partial charge in [0.2, 0.25) is 0 Å². The van der Waals surface area contributed by atoms with E-state index in [1.807, 2.05) is 12.1 Å². The molecule has 1 unspecified atom stereocenters. The van der Waals surface area contributed by atoms with Gasteiger partial charge in [-0.3, -0.25) is 0 Å². The number of allylic oxidation sites excluding steroid dienone is 3. The van der Waals surface area contributed by atoms with Gasteiger partial charge in [-0.15, -0.1) is 0 Å². The fourth-order valence-electron chi connectivity index (χ4n) is 2.89. The Morgan fingerprint density at radius 1 is 1.30 bits per heavy atom. The van der Waals surface area contributed by atoms with Gasteiger partial charge < -0.3 is 19.7 Å². The first-order valence-electron chi connectivity index (χ1n) is 6.76. The summed E-state index contributed by atoms with van der Waals surface area (Å²) in [5, 5.41) is 19.6. The van der Waals surface area contributed by atoms with E-state index in [-0.39, 0.29) is 17.6 Å². The first-order chi connectivity index (χ1) is 9.67. The second kappa shape index (κ2) is 5.12. The second-order valence-electron chi connectivity index (χ2n) is 5.29. The van der Waals surface area contributed by atoms with Crippen LogP contribution in [0.15, 0.2) is 41.9 Å². The van der Waals surface area contributed by atoms with E-state index in [9.17, 15) is 10.2 Å². The molecule has 20 heavy (non-hydrogen) atoms. The van der Waals surface area contributed by atoms with E-state index in [4.69, 9.17) is 9.47 Å². The molecule has 1 aromatic rings. The number of phenols is 1. The van der Waals surface area contributed by atoms with Gasteiger partial charge in [-0.1, -0.05) is 6.07 Å². The topological polar surface area (TPSA) is 58.9 Å². The van der Waals surface area contributed by atoms with Crippen molar-refractivity contribution < 1.29 is 19.7 Å². The van der Waals surface area contributed by atoms with Crippen molar-refractivity contribution in [3.05, 3.63) is 47.4 Å². The summed E-state index contributed by atoms with van der Waals surface area (Å²) in [7, 11) is 1.60. The number of methoxy groups -OCH3 is 1. The highest BCUT2D eigenvalue weighted by Gasteiger charge is 2.31. The molecule has 0 amide bonds. The van der Waals surface area contributed by atoms with Gasteiger partial charge in [0, 0.05) is 24.0 Å². The Kier molecular flexibility index (Phi) is 3.30. The monoisotopic (exact) mass is 274 g/mol. The van der Waals surface area contributed by atoms with Crippen molar-refractivity contribution in [2.24, 2.45) is 11.8 Å². The highest BCUT2D eigenvalue weighted by molar-refractivity contribution is 5.41. The number of ether oxygens (including phenoxy) is 2. The molecule has 0 bridgehead atoms. The summed E-state index contributed by atoms with van der Waals surface area (Å²) in [6.07, 6.45) is 5.28. The highest BCUT2D eigenvalue weighted by atomic mass is 16.5. The van der Waals surface area contributed by atoms with E-state index in [2.05, 4.69) is 0 Å². The summed E-state index contributed by atoms with van der Waals surface area (Å²) in [6, 6.07) is 5.20. The Hall–Kier alpha value is -2.10. The number of phenolic OH excluding ortho intramolecular Hbond substituents is 1. The molecule has 0 radical (unpaired) electrons. The fraction of sp³-hybridized carbons (Fsp3) is 0.375. The predicted octanol–water partition coefficient (Wildman–Crippen LogP) is 2.94. The molecule has 0 fully saturated rings. The van der Waals surface area contributed by atoms with Gasteiger partial charge in [0.25, 0.3) is 0 Å². The zero-order valence-corrected chi connectivity index (χ0v) is 11.4. The third kappa shape index (κ3) is 2.33. The Labute approximate surface area is 118 Å². The van der Waals surface area contributed by atoms with Crippen LogP contribution in [0.3, 0.4) is 0 Å². The minimum atomic E-state index is 0.0656. The van der Waals surface area contributed by atoms with Gasteiger partial charge in [-0.2, -0.15) is 0 Å². The number of benzene rings is 1. The lowest BCUT2D eigenvalue weighted by molar-refractivity contribution is 0.153. The third-order valence-electron chi connectivity index (χ3n) is 4.03. The number of fused-ring (bicyclic) bond motifs is 1. The molecule has 1 aliphatic carbocycles. The van der Waals surface area contributed by atoms with Crippen LogP contribution in [0.25, 0.3) is 0 Å². The van der Waals surface area contributed by atoms with Crippen LogP contribution < -0.4 is 4.74 Å². The summed E-state index contributed by atoms with van der Waals surface area (Å²) in [5.74, 6) is 2.33. The molecule has 1 aromatic carbocycles. The fourth-order valence-corrected chi connectivity index (χ4v) is 2.89. The zero-order chi connectivity index (χ0) is 14.1. The van der Waals surface area contributed by atoms with Crippen LogP contribution in [-0.4, -0.2) is 23.9 Å². The van der Waals surface area contributed by atoms with Crippen LogP contribution in [0.5, 0.6) is 11.5 Å². The standard InChI is InChI=1S/C16H18O4/c1-19-13-4-5-14(15(18)8-13)11-6-10-2-3-12(17)7-16(10)20-9-11/h2-4,7-8,11,14,17-18H,5-6,9H2,1H3/t11-,14?/m1/s1. The Morgan fingerprint density at radius 2 is 2.15 bits per heavy atom. The number of aromatic hydroxyl groups is 1. The normalized spacial score (nSPS) is 25.1. The third-order valence-corrected chi connectivity index (χ3v) is 4.03. The van der Waals surface area contributed by atoms with E-state index in [1.165, 1.54) is 0 Å². The Morgan fingerprint density at radius 3 is 2.90 bits per heavy atom. The van der Waals surface area contributed by atoms with Crippen LogP contribution >= 0.6 is 0 Å². The van der Waals surface area contributed by atoms with Crippen LogP contribution in [0.1, 0.15) is 12.0 Å². The lowest BCUT2D eigenvalue weighted by atomic mass is 9.80. The Balaban J connectivity index is 1.77. The number of aliphatic hydroxyl groups is 1. The molecule has 0 aromatic heterocycles. The van der Waals surface area contributed by atoms with E-state index >= 15 is 0 Å². The van der Waals surface area contributed by atoms with E-state index in [0.717, 1.165) is 24.2 Å². The van der Waals surface area contributed by atoms with Crippen molar-refractivity contribution in [1.82, 2.24) is 0 Å². The SMILES string of the molecule is COC1=CCC([C@H]2COc3cc(O)ccc3C2)C(O)=C1. The van der Waals surface area contributed by atoms with Crippen LogP contribution in [0.2, 0.25) is 0 Å². The van der Waals surface area contributed by atoms with Crippen molar-refractivity contribution in [2.45, 2.75) is 12.8 Å². The average molecular weight is 274 g/mol. The molecule has 2 aliphatic rings. The molecule has 2 atom stereocenters. The minimum Gasteiger partial charge on any atom is -0.512 e. The van der Waals surface area contributed by atoms with Crippen LogP contribution in [0, 0.1) is 11.8 Å². The van der Waals surface area contributed by atoms with E-state index in [0.29, 0.717) is 18.1 Å². The first kappa shape index (κ1) is 12.9. The van der Waals surface area contributed by atoms with Crippen LogP contribution in [0.4, 0.5) is 0 Å². The summed E-state index contributed by atoms with van der Waals surface area (Å²) in [5.41, 5.74) is 1.08. The lowest BCUT2D eigenvalue weighted by Crippen LogP contribution is -2.30. The van der Waals surface area contributed by atoms with Crippen molar-refractivity contribution in [2.75, 3.05) is 13.7 Å². The maximum atomic E-state index is 10.2. The van der Waals surface area contributed by atoms with Crippen molar-refractivity contribution in [3.8, 4) is 11.5 Å². The molecule has 4 nitrogen and oxygen atoms in total. The molecule has 1 aliphatic heterocycles. The molecule has 106 valence electrons. The Bertz CT molecular complexity index is 574. The molecule has 0 saturated carbocycles. The molecule has 0 saturated heterocycles. The van der Waals surface area contributed by atoms with Gasteiger partial charge in [0.15, 0.2) is 0 Å². The molecule has 4 heteroatoms. The minimum absolute atomic E-state index is 0.0656. The van der Waals surface area contributed by atoms with Crippen molar-refractivity contribution in [3.63, 3.8) is 0 Å². The largest absolute Gasteiger partial charge is 0.512 e. The lowest BCUT2D eigenvalue weighted by Gasteiger charge is -2.32. The maximum Gasteiger partial charge on any atom is 0.126 e. The summed E-state index contributed by atoms with van der Waals surface area (Å²) >= 11 is 0. The van der Waals surface area contributed by atoms with E-state index < -0.39 is 0 Å². The second-order valence-corrected chi connectivity index (χ2v) is 5.29. The maximum absolute atomic E-state index is 10.2. The predicted molar refractivity (Wildman–Crippen MR) is 74.7 cm³/mol. The van der Waals surface area contributed by atoms with Crippen molar-refractivity contribution in [1.29, 1.82) is 0 Å². The highest BCUT2D eigenvalue weighted by Crippen LogP contribution is 2.37. The molecular weight excluding hydrogens is 256 g/mol. The number of hydrogen-bond acceptors (Lipinski definition) is 4. The van der Waals surface area contributed by atoms with Crippen LogP contribution in [-0.2, 0) is 11.2 Å². The molecule has 1 heterocycles.